The van der Waals surface area contributed by atoms with Crippen molar-refractivity contribution in [3.05, 3.63) is 129 Å². The van der Waals surface area contributed by atoms with Crippen LogP contribution in [-0.4, -0.2) is 87.9 Å². The monoisotopic (exact) mass is 987 g/mol. The van der Waals surface area contributed by atoms with Crippen LogP contribution in [0.15, 0.2) is 96.5 Å². The first kappa shape index (κ1) is 51.1. The van der Waals surface area contributed by atoms with E-state index < -0.39 is 64.6 Å². The molecule has 366 valence electrons. The predicted molar refractivity (Wildman–Crippen MR) is 266 cm³/mol. The van der Waals surface area contributed by atoms with Crippen molar-refractivity contribution in [1.82, 2.24) is 31.2 Å². The highest BCUT2D eigenvalue weighted by Crippen LogP contribution is 2.55. The molecule has 70 heavy (non-hydrogen) atoms. The summed E-state index contributed by atoms with van der Waals surface area (Å²) < 4.78 is 12.3. The molecule has 5 N–H and O–H groups in total. The molecule has 1 aliphatic carbocycles. The van der Waals surface area contributed by atoms with Gasteiger partial charge in [0.05, 0.1) is 39.3 Å². The number of aliphatic hydroxyl groups excluding tert-OH is 1. The van der Waals surface area contributed by atoms with E-state index in [0.717, 1.165) is 21.7 Å². The van der Waals surface area contributed by atoms with Crippen LogP contribution in [0.5, 0.6) is 17.2 Å². The summed E-state index contributed by atoms with van der Waals surface area (Å²) in [6.07, 6.45) is -1.12. The fourth-order valence-electron chi connectivity index (χ4n) is 9.55. The molecule has 7 rings (SSSR count). The zero-order valence-corrected chi connectivity index (χ0v) is 42.0. The number of aryl methyl sites for hydroxylation is 1. The molecule has 1 saturated heterocycles. The molecule has 4 aromatic carbocycles. The summed E-state index contributed by atoms with van der Waals surface area (Å²) >= 11 is 7.79. The van der Waals surface area contributed by atoms with Gasteiger partial charge < -0.3 is 40.7 Å². The minimum Gasteiger partial charge on any atom is -0.489 e. The maximum atomic E-state index is 14.1. The summed E-state index contributed by atoms with van der Waals surface area (Å²) in [5, 5.41) is 31.6. The number of hydrogen-bond acceptors (Lipinski definition) is 11. The molecule has 2 heterocycles. The van der Waals surface area contributed by atoms with E-state index in [-0.39, 0.29) is 43.1 Å². The standard InChI is InChI=1S/C53H58ClN7O8S/c1-30-43(70-29-58-30)32-11-9-31(10-12-32)26-56-47(66)41-23-36(62)28-61(41)48(67)44(51(2,3)4)59-42(63)27-57-45(64)33-13-18-37(19-14-33)68-38-20-15-34(16-21-38)46(65)60-49-52(5,6)50(53(49,7)8)69-39-22-17-35(25-55)40(54)24-39/h9-22,24,29,36,41,44,49-50,62H,23,26-28H2,1-8H3,(H,56,66)(H,57,64)(H,59,63)(H,60,65)/t36-,41+,44-,49?,50?/m1/s1. The lowest BCUT2D eigenvalue weighted by atomic mass is 9.49. The van der Waals surface area contributed by atoms with E-state index in [1.807, 2.05) is 65.0 Å². The Bertz CT molecular complexity index is 2780. The number of nitrogens with one attached hydrogen (secondary N) is 4. The van der Waals surface area contributed by atoms with E-state index in [0.29, 0.717) is 33.4 Å². The summed E-state index contributed by atoms with van der Waals surface area (Å²) in [7, 11) is 0. The quantitative estimate of drug-likeness (QED) is 0.0694. The van der Waals surface area contributed by atoms with Gasteiger partial charge in [-0.1, -0.05) is 84.3 Å². The van der Waals surface area contributed by atoms with E-state index >= 15 is 0 Å². The topological polar surface area (TPSA) is 212 Å². The van der Waals surface area contributed by atoms with Crippen LogP contribution in [0.3, 0.4) is 0 Å². The molecule has 0 spiro atoms. The van der Waals surface area contributed by atoms with E-state index in [4.69, 9.17) is 21.1 Å². The Morgan fingerprint density at radius 1 is 0.886 bits per heavy atom. The molecule has 1 aromatic heterocycles. The van der Waals surface area contributed by atoms with Crippen LogP contribution in [0, 0.1) is 34.5 Å². The van der Waals surface area contributed by atoms with Crippen LogP contribution >= 0.6 is 22.9 Å². The largest absolute Gasteiger partial charge is 0.489 e. The van der Waals surface area contributed by atoms with Gasteiger partial charge in [-0.25, -0.2) is 4.98 Å². The summed E-state index contributed by atoms with van der Waals surface area (Å²) in [4.78, 5) is 74.1. The molecule has 5 aromatic rings. The number of aromatic nitrogens is 1. The van der Waals surface area contributed by atoms with E-state index in [2.05, 4.69) is 26.3 Å². The van der Waals surface area contributed by atoms with Gasteiger partial charge >= 0.3 is 0 Å². The summed E-state index contributed by atoms with van der Waals surface area (Å²) in [5.41, 5.74) is 4.05. The fourth-order valence-corrected chi connectivity index (χ4v) is 10.6. The second kappa shape index (κ2) is 20.7. The molecule has 5 amide bonds. The maximum Gasteiger partial charge on any atom is 0.251 e. The third-order valence-electron chi connectivity index (χ3n) is 13.0. The average Bonchev–Trinajstić information content (AvgIpc) is 3.94. The zero-order chi connectivity index (χ0) is 50.7. The number of amides is 5. The van der Waals surface area contributed by atoms with Gasteiger partial charge in [0.15, 0.2) is 0 Å². The van der Waals surface area contributed by atoms with Gasteiger partial charge in [-0.3, -0.25) is 24.0 Å². The van der Waals surface area contributed by atoms with E-state index in [1.165, 1.54) is 4.90 Å². The summed E-state index contributed by atoms with van der Waals surface area (Å²) in [6.45, 7) is 15.2. The number of carbonyl (C=O) groups excluding carboxylic acids is 5. The Kier molecular flexibility index (Phi) is 15.1. The molecule has 3 atom stereocenters. The lowest BCUT2D eigenvalue weighted by molar-refractivity contribution is -0.164. The molecule has 0 radical (unpaired) electrons. The summed E-state index contributed by atoms with van der Waals surface area (Å²) in [5.74, 6) is -0.879. The van der Waals surface area contributed by atoms with Gasteiger partial charge in [-0.2, -0.15) is 5.26 Å². The number of β-amino-alcohol motifs (C(OH)–C–C–N with tert-alkyl or cyclic N) is 1. The number of halogens is 1. The Morgan fingerprint density at radius 2 is 1.49 bits per heavy atom. The highest BCUT2D eigenvalue weighted by Gasteiger charge is 2.64. The van der Waals surface area contributed by atoms with Gasteiger partial charge in [0.2, 0.25) is 17.7 Å². The number of nitriles is 1. The number of benzene rings is 4. The van der Waals surface area contributed by atoms with Crippen molar-refractivity contribution in [2.45, 2.75) is 98.7 Å². The Balaban J connectivity index is 0.877. The van der Waals surface area contributed by atoms with Crippen LogP contribution < -0.4 is 30.7 Å². The number of ether oxygens (including phenoxy) is 2. The first-order chi connectivity index (χ1) is 33.1. The van der Waals surface area contributed by atoms with Gasteiger partial charge in [0.25, 0.3) is 11.8 Å². The number of thiazole rings is 1. The van der Waals surface area contributed by atoms with Crippen LogP contribution in [0.2, 0.25) is 5.02 Å². The molecular weight excluding hydrogens is 930 g/mol. The molecule has 1 aliphatic heterocycles. The highest BCUT2D eigenvalue weighted by molar-refractivity contribution is 7.13. The number of carbonyl (C=O) groups is 5. The Morgan fingerprint density at radius 3 is 2.04 bits per heavy atom. The second-order valence-electron chi connectivity index (χ2n) is 20.1. The van der Waals surface area contributed by atoms with Crippen LogP contribution in [0.1, 0.15) is 92.4 Å². The third kappa shape index (κ3) is 11.3. The second-order valence-corrected chi connectivity index (χ2v) is 21.3. The molecule has 0 bridgehead atoms. The molecule has 15 nitrogen and oxygen atoms in total. The molecule has 1 saturated carbocycles. The highest BCUT2D eigenvalue weighted by atomic mass is 35.5. The summed E-state index contributed by atoms with van der Waals surface area (Å²) in [6, 6.07) is 25.5. The average molecular weight is 989 g/mol. The fraction of sp³-hybridized carbons (Fsp3) is 0.377. The molecule has 2 aliphatic rings. The van der Waals surface area contributed by atoms with Crippen molar-refractivity contribution in [2.24, 2.45) is 16.2 Å². The first-order valence-electron chi connectivity index (χ1n) is 22.9. The van der Waals surface area contributed by atoms with Crippen molar-refractivity contribution in [3.8, 4) is 33.8 Å². The maximum absolute atomic E-state index is 14.1. The smallest absolute Gasteiger partial charge is 0.251 e. The van der Waals surface area contributed by atoms with Crippen LogP contribution in [-0.2, 0) is 20.9 Å². The zero-order valence-electron chi connectivity index (χ0n) is 40.4. The SMILES string of the molecule is Cc1ncsc1-c1ccc(CNC(=O)[C@@H]2C[C@@H](O)CN2C(=O)[C@@H](NC(=O)CNC(=O)c2ccc(Oc3ccc(C(=O)NC4C(C)(C)C(Oc5ccc(C#N)c(Cl)c5)C4(C)C)cc3)cc2)C(C)(C)C)cc1. The van der Waals surface area contributed by atoms with Crippen molar-refractivity contribution in [3.63, 3.8) is 0 Å². The van der Waals surface area contributed by atoms with E-state index in [9.17, 15) is 34.3 Å². The Labute approximate surface area is 416 Å². The van der Waals surface area contributed by atoms with Crippen molar-refractivity contribution in [2.75, 3.05) is 13.1 Å². The van der Waals surface area contributed by atoms with Crippen molar-refractivity contribution >= 4 is 52.5 Å². The normalized spacial score (nSPS) is 19.4. The lowest BCUT2D eigenvalue weighted by Gasteiger charge is -2.63. The minimum absolute atomic E-state index is 0.0497. The van der Waals surface area contributed by atoms with Gasteiger partial charge in [0, 0.05) is 53.6 Å². The van der Waals surface area contributed by atoms with Gasteiger partial charge in [0.1, 0.15) is 41.5 Å². The van der Waals surface area contributed by atoms with Gasteiger partial charge in [-0.05, 0) is 84.1 Å². The first-order valence-corrected chi connectivity index (χ1v) is 24.2. The molecule has 0 unspecified atom stereocenters. The lowest BCUT2D eigenvalue weighted by Crippen LogP contribution is -2.74. The van der Waals surface area contributed by atoms with Crippen molar-refractivity contribution < 1.29 is 38.6 Å². The predicted octanol–water partition coefficient (Wildman–Crippen LogP) is 7.59. The van der Waals surface area contributed by atoms with Crippen LogP contribution in [0.25, 0.3) is 10.4 Å². The number of rotatable bonds is 15. The number of likely N-dealkylation sites (tertiary alicyclic amines) is 1. The van der Waals surface area contributed by atoms with Gasteiger partial charge in [-0.15, -0.1) is 11.3 Å². The van der Waals surface area contributed by atoms with Crippen molar-refractivity contribution in [1.29, 1.82) is 5.26 Å². The Hall–Kier alpha value is -6.80. The molecular formula is C53H58ClN7O8S. The minimum atomic E-state index is -1.07. The number of nitrogens with zero attached hydrogens (tertiary/aromatic N) is 3. The van der Waals surface area contributed by atoms with E-state index in [1.54, 1.807) is 104 Å². The number of aliphatic hydroxyl groups is 1. The molecule has 2 fully saturated rings. The van der Waals surface area contributed by atoms with Crippen LogP contribution in [0.4, 0.5) is 0 Å². The number of hydrogen-bond donors (Lipinski definition) is 5. The third-order valence-corrected chi connectivity index (χ3v) is 14.3. The molecule has 17 heteroatoms.